The van der Waals surface area contributed by atoms with E-state index in [1.54, 1.807) is 42.0 Å². The fourth-order valence-corrected chi connectivity index (χ4v) is 5.61. The highest BCUT2D eigenvalue weighted by molar-refractivity contribution is 6.31. The number of nitrogens with one attached hydrogen (secondary N) is 1. The van der Waals surface area contributed by atoms with Crippen molar-refractivity contribution in [1.82, 2.24) is 24.3 Å². The van der Waals surface area contributed by atoms with Gasteiger partial charge in [0.05, 0.1) is 11.2 Å². The maximum Gasteiger partial charge on any atom is 0.354 e. The van der Waals surface area contributed by atoms with E-state index in [0.29, 0.717) is 49.0 Å². The number of aromatic nitrogens is 2. The van der Waals surface area contributed by atoms with E-state index in [9.17, 15) is 14.4 Å². The number of nitrogens with two attached hydrogens (primary N) is 2. The number of carbonyl (C=O) groups excluding carboxylic acids is 2. The molecule has 5 N–H and O–H groups in total. The molecule has 4 rings (SSSR count). The SMILES string of the molecule is CCN(Cc1ccc(-n2ccc(NC(=O)N3CCN(C(=O)C(C)(C)N)CC3)nc2=O)cc1Cl)[C@H]1CC[C@H](N)CC1. The van der Waals surface area contributed by atoms with E-state index in [2.05, 4.69) is 22.1 Å². The predicted octanol–water partition coefficient (Wildman–Crippen LogP) is 2.39. The molecule has 0 bridgehead atoms. The normalized spacial score (nSPS) is 20.1. The van der Waals surface area contributed by atoms with E-state index < -0.39 is 11.2 Å². The maximum atomic E-state index is 12.8. The largest absolute Gasteiger partial charge is 0.354 e. The first-order valence-corrected chi connectivity index (χ1v) is 14.4. The minimum atomic E-state index is -0.956. The minimum Gasteiger partial charge on any atom is -0.338 e. The van der Waals surface area contributed by atoms with Gasteiger partial charge in [-0.1, -0.05) is 24.6 Å². The topological polar surface area (TPSA) is 143 Å². The summed E-state index contributed by atoms with van der Waals surface area (Å²) in [6, 6.07) is 7.58. The molecule has 1 saturated carbocycles. The van der Waals surface area contributed by atoms with Crippen molar-refractivity contribution < 1.29 is 9.59 Å². The highest BCUT2D eigenvalue weighted by Gasteiger charge is 2.31. The quantitative estimate of drug-likeness (QED) is 0.462. The van der Waals surface area contributed by atoms with Crippen LogP contribution in [0.5, 0.6) is 0 Å². The molecule has 1 aromatic heterocycles. The fraction of sp³-hybridized carbons (Fsp3) is 0.571. The number of urea groups is 1. The Balaban J connectivity index is 1.37. The van der Waals surface area contributed by atoms with Crippen molar-refractivity contribution in [3.8, 4) is 5.69 Å². The van der Waals surface area contributed by atoms with Crippen molar-refractivity contribution >= 4 is 29.4 Å². The van der Waals surface area contributed by atoms with Gasteiger partial charge in [0.2, 0.25) is 5.91 Å². The van der Waals surface area contributed by atoms with E-state index in [-0.39, 0.29) is 17.8 Å². The van der Waals surface area contributed by atoms with Crippen LogP contribution in [0.15, 0.2) is 35.3 Å². The first-order chi connectivity index (χ1) is 19.0. The number of piperazine rings is 1. The van der Waals surface area contributed by atoms with Gasteiger partial charge in [0.25, 0.3) is 0 Å². The molecule has 0 radical (unpaired) electrons. The van der Waals surface area contributed by atoms with Crippen molar-refractivity contribution in [2.24, 2.45) is 11.5 Å². The second-order valence-electron chi connectivity index (χ2n) is 11.3. The zero-order chi connectivity index (χ0) is 29.0. The molecule has 1 aliphatic heterocycles. The van der Waals surface area contributed by atoms with E-state index >= 15 is 0 Å². The molecule has 1 saturated heterocycles. The van der Waals surface area contributed by atoms with E-state index in [1.807, 2.05) is 12.1 Å². The van der Waals surface area contributed by atoms with Crippen LogP contribution in [0.25, 0.3) is 5.69 Å². The molecule has 2 heterocycles. The number of amides is 3. The van der Waals surface area contributed by atoms with Gasteiger partial charge < -0.3 is 21.3 Å². The number of rotatable bonds is 7. The lowest BCUT2D eigenvalue weighted by Gasteiger charge is -2.37. The van der Waals surface area contributed by atoms with Crippen LogP contribution in [0.3, 0.4) is 0 Å². The van der Waals surface area contributed by atoms with E-state index in [4.69, 9.17) is 23.1 Å². The van der Waals surface area contributed by atoms with Gasteiger partial charge in [0.15, 0.2) is 0 Å². The van der Waals surface area contributed by atoms with Crippen LogP contribution < -0.4 is 22.5 Å². The molecule has 3 amide bonds. The molecule has 218 valence electrons. The Labute approximate surface area is 240 Å². The first-order valence-electron chi connectivity index (χ1n) is 14.0. The van der Waals surface area contributed by atoms with Crippen LogP contribution in [0.2, 0.25) is 5.02 Å². The summed E-state index contributed by atoms with van der Waals surface area (Å²) in [5, 5.41) is 3.27. The summed E-state index contributed by atoms with van der Waals surface area (Å²) in [5.74, 6) is 0.00411. The Morgan fingerprint density at radius 1 is 1.10 bits per heavy atom. The molecule has 0 unspecified atom stereocenters. The Morgan fingerprint density at radius 2 is 1.75 bits per heavy atom. The Hall–Kier alpha value is -2.99. The zero-order valence-corrected chi connectivity index (χ0v) is 24.4. The summed E-state index contributed by atoms with van der Waals surface area (Å²) in [7, 11) is 0. The summed E-state index contributed by atoms with van der Waals surface area (Å²) in [6.07, 6.45) is 5.85. The monoisotopic (exact) mass is 572 g/mol. The third-order valence-corrected chi connectivity index (χ3v) is 8.15. The van der Waals surface area contributed by atoms with Gasteiger partial charge in [-0.15, -0.1) is 0 Å². The van der Waals surface area contributed by atoms with Gasteiger partial charge in [-0.05, 0) is 69.8 Å². The van der Waals surface area contributed by atoms with Gasteiger partial charge in [0.1, 0.15) is 5.82 Å². The van der Waals surface area contributed by atoms with Gasteiger partial charge in [-0.2, -0.15) is 4.98 Å². The molecular formula is C28H41ClN8O3. The van der Waals surface area contributed by atoms with Crippen LogP contribution in [0, 0.1) is 0 Å². The average Bonchev–Trinajstić information content (AvgIpc) is 2.92. The fourth-order valence-electron chi connectivity index (χ4n) is 5.38. The lowest BCUT2D eigenvalue weighted by atomic mass is 9.90. The smallest absolute Gasteiger partial charge is 0.338 e. The molecule has 40 heavy (non-hydrogen) atoms. The molecule has 1 aromatic carbocycles. The van der Waals surface area contributed by atoms with Crippen LogP contribution in [-0.2, 0) is 11.3 Å². The second-order valence-corrected chi connectivity index (χ2v) is 11.7. The third-order valence-electron chi connectivity index (χ3n) is 7.80. The predicted molar refractivity (Wildman–Crippen MR) is 157 cm³/mol. The third kappa shape index (κ3) is 7.20. The van der Waals surface area contributed by atoms with Crippen LogP contribution in [0.1, 0.15) is 52.0 Å². The van der Waals surface area contributed by atoms with Crippen molar-refractivity contribution in [2.45, 2.75) is 70.6 Å². The van der Waals surface area contributed by atoms with Crippen LogP contribution in [0.4, 0.5) is 10.6 Å². The van der Waals surface area contributed by atoms with Crippen molar-refractivity contribution in [3.63, 3.8) is 0 Å². The van der Waals surface area contributed by atoms with Crippen LogP contribution in [-0.4, -0.2) is 86.5 Å². The molecule has 2 aromatic rings. The minimum absolute atomic E-state index is 0.150. The molecule has 0 spiro atoms. The number of halogens is 1. The highest BCUT2D eigenvalue weighted by Crippen LogP contribution is 2.27. The summed E-state index contributed by atoms with van der Waals surface area (Å²) >= 11 is 6.66. The number of benzene rings is 1. The summed E-state index contributed by atoms with van der Waals surface area (Å²) in [6.45, 7) is 8.66. The molecule has 2 aliphatic rings. The lowest BCUT2D eigenvalue weighted by molar-refractivity contribution is -0.137. The maximum absolute atomic E-state index is 12.8. The van der Waals surface area contributed by atoms with Crippen LogP contribution >= 0.6 is 11.6 Å². The molecule has 1 aliphatic carbocycles. The zero-order valence-electron chi connectivity index (χ0n) is 23.6. The highest BCUT2D eigenvalue weighted by atomic mass is 35.5. The summed E-state index contributed by atoms with van der Waals surface area (Å²) in [4.78, 5) is 47.7. The molecule has 2 fully saturated rings. The molecule has 0 atom stereocenters. The number of hydrogen-bond acceptors (Lipinski definition) is 7. The average molecular weight is 573 g/mol. The number of anilines is 1. The number of carbonyl (C=O) groups is 2. The number of hydrogen-bond donors (Lipinski definition) is 3. The Kier molecular flexibility index (Phi) is 9.50. The van der Waals surface area contributed by atoms with E-state index in [0.717, 1.165) is 44.3 Å². The molecular weight excluding hydrogens is 532 g/mol. The van der Waals surface area contributed by atoms with Crippen molar-refractivity contribution in [3.05, 3.63) is 51.5 Å². The molecule has 12 heteroatoms. The number of nitrogens with zero attached hydrogens (tertiary/aromatic N) is 5. The van der Waals surface area contributed by atoms with Gasteiger partial charge >= 0.3 is 11.7 Å². The van der Waals surface area contributed by atoms with E-state index in [1.165, 1.54) is 4.57 Å². The van der Waals surface area contributed by atoms with Gasteiger partial charge in [0, 0.05) is 56.0 Å². The van der Waals surface area contributed by atoms with Crippen molar-refractivity contribution in [2.75, 3.05) is 38.0 Å². The van der Waals surface area contributed by atoms with Crippen molar-refractivity contribution in [1.29, 1.82) is 0 Å². The second kappa shape index (κ2) is 12.7. The standard InChI is InChI=1S/C28H41ClN8O3/c1-4-34(21-9-6-20(30)7-10-21)18-19-5-8-22(17-23(19)29)37-12-11-24(33-27(37)40)32-26(39)36-15-13-35(14-16-36)25(38)28(2,3)31/h5,8,11-12,17,20-21H,4,6-7,9-10,13-16,18,30-31H2,1-3H3,(H,32,33,39,40)/t20-,21-. The summed E-state index contributed by atoms with van der Waals surface area (Å²) in [5.41, 5.74) is 12.1. The molecule has 11 nitrogen and oxygen atoms in total. The Morgan fingerprint density at radius 3 is 2.33 bits per heavy atom. The van der Waals surface area contributed by atoms with Gasteiger partial charge in [-0.25, -0.2) is 9.59 Å². The lowest BCUT2D eigenvalue weighted by Crippen LogP contribution is -2.58. The van der Waals surface area contributed by atoms with Gasteiger partial charge in [-0.3, -0.25) is 19.6 Å². The Bertz CT molecular complexity index is 1260. The first kappa shape index (κ1) is 30.0. The summed E-state index contributed by atoms with van der Waals surface area (Å²) < 4.78 is 1.39.